The van der Waals surface area contributed by atoms with E-state index in [1.807, 2.05) is 93.2 Å². The number of nitrogens with one attached hydrogen (secondary N) is 4. The number of rotatable bonds is 11. The van der Waals surface area contributed by atoms with Crippen molar-refractivity contribution in [3.63, 3.8) is 0 Å². The first-order valence-corrected chi connectivity index (χ1v) is 18.8. The molecule has 3 amide bonds. The quantitative estimate of drug-likeness (QED) is 0.109. The van der Waals surface area contributed by atoms with E-state index in [0.29, 0.717) is 12.4 Å². The van der Waals surface area contributed by atoms with Gasteiger partial charge in [-0.05, 0) is 91.9 Å². The van der Waals surface area contributed by atoms with Crippen LogP contribution >= 0.6 is 0 Å². The Balaban J connectivity index is 1.05. The van der Waals surface area contributed by atoms with E-state index in [4.69, 9.17) is 9.97 Å². The van der Waals surface area contributed by atoms with Gasteiger partial charge in [-0.2, -0.15) is 0 Å². The summed E-state index contributed by atoms with van der Waals surface area (Å²) in [6.45, 7) is 6.27. The van der Waals surface area contributed by atoms with Crippen LogP contribution in [-0.4, -0.2) is 81.4 Å². The Kier molecular flexibility index (Phi) is 10.7. The Morgan fingerprint density at radius 2 is 1.40 bits per heavy atom. The summed E-state index contributed by atoms with van der Waals surface area (Å²) in [6, 6.07) is 29.1. The van der Waals surface area contributed by atoms with Crippen LogP contribution in [0.2, 0.25) is 0 Å². The van der Waals surface area contributed by atoms with Crippen molar-refractivity contribution >= 4 is 40.0 Å². The fourth-order valence-corrected chi connectivity index (χ4v) is 7.50. The maximum absolute atomic E-state index is 14.0. The molecular weight excluding hydrogens is 693 g/mol. The molecule has 1 saturated heterocycles. The predicted octanol–water partition coefficient (Wildman–Crippen LogP) is 7.30. The van der Waals surface area contributed by atoms with Crippen molar-refractivity contribution in [2.75, 3.05) is 27.7 Å². The molecule has 1 fully saturated rings. The third-order valence-electron chi connectivity index (χ3n) is 10.4. The number of alkyl carbamates (subject to hydrolysis) is 1. The number of likely N-dealkylation sites (N-methyl/N-ethyl adjacent to an activating group) is 1. The smallest absolute Gasteiger partial charge is 0.407 e. The largest absolute Gasteiger partial charge is 0.453 e. The number of imidazole rings is 2. The number of amides is 3. The number of hydrogen-bond acceptors (Lipinski definition) is 7. The Morgan fingerprint density at radius 1 is 0.800 bits per heavy atom. The highest BCUT2D eigenvalue weighted by molar-refractivity contribution is 5.87. The molecule has 0 aliphatic carbocycles. The SMILES string of the molecule is COC(=O)N[C@H](C(=O)N[C@@H](C)c1nc2ccc(-c3ccc(-c4ccc5nc([C@@H]6CCCN6C(=O)[C@@H](c6ccccc6)N(C)C)[nH]c5c4)cc3)cc2[nH]1)C(C)C. The van der Waals surface area contributed by atoms with Crippen molar-refractivity contribution in [3.8, 4) is 22.3 Å². The molecule has 12 nitrogen and oxygen atoms in total. The molecule has 1 aliphatic rings. The lowest BCUT2D eigenvalue weighted by atomic mass is 10.00. The number of carbonyl (C=O) groups is 3. The van der Waals surface area contributed by atoms with E-state index in [9.17, 15) is 14.4 Å². The zero-order chi connectivity index (χ0) is 38.8. The average molecular weight is 741 g/mol. The van der Waals surface area contributed by atoms with E-state index in [1.54, 1.807) is 0 Å². The van der Waals surface area contributed by atoms with Crippen molar-refractivity contribution < 1.29 is 19.1 Å². The van der Waals surface area contributed by atoms with Crippen LogP contribution in [0.15, 0.2) is 91.0 Å². The summed E-state index contributed by atoms with van der Waals surface area (Å²) < 4.78 is 4.69. The molecule has 0 spiro atoms. The van der Waals surface area contributed by atoms with E-state index in [-0.39, 0.29) is 29.8 Å². The molecule has 4 atom stereocenters. The second-order valence-electron chi connectivity index (χ2n) is 14.8. The third kappa shape index (κ3) is 7.81. The number of methoxy groups -OCH3 is 1. The first kappa shape index (κ1) is 37.3. The van der Waals surface area contributed by atoms with Gasteiger partial charge in [-0.3, -0.25) is 14.5 Å². The van der Waals surface area contributed by atoms with E-state index < -0.39 is 18.2 Å². The van der Waals surface area contributed by atoms with Gasteiger partial charge in [0.1, 0.15) is 23.7 Å². The zero-order valence-corrected chi connectivity index (χ0v) is 32.1. The molecule has 55 heavy (non-hydrogen) atoms. The second-order valence-corrected chi connectivity index (χ2v) is 14.8. The molecule has 6 aromatic rings. The van der Waals surface area contributed by atoms with Gasteiger partial charge in [-0.15, -0.1) is 0 Å². The lowest BCUT2D eigenvalue weighted by Crippen LogP contribution is -2.50. The lowest BCUT2D eigenvalue weighted by Gasteiger charge is -2.31. The molecular formula is C43H48N8O4. The van der Waals surface area contributed by atoms with Gasteiger partial charge in [-0.25, -0.2) is 14.8 Å². The summed E-state index contributed by atoms with van der Waals surface area (Å²) >= 11 is 0. The number of fused-ring (bicyclic) bond motifs is 2. The molecule has 2 aromatic heterocycles. The fraction of sp³-hybridized carbons (Fsp3) is 0.326. The Hall–Kier alpha value is -6.01. The summed E-state index contributed by atoms with van der Waals surface area (Å²) in [4.78, 5) is 59.3. The molecule has 0 unspecified atom stereocenters. The summed E-state index contributed by atoms with van der Waals surface area (Å²) in [5.41, 5.74) is 8.67. The van der Waals surface area contributed by atoms with Crippen LogP contribution in [0, 0.1) is 5.92 Å². The van der Waals surface area contributed by atoms with E-state index in [2.05, 4.69) is 67.8 Å². The molecule has 4 aromatic carbocycles. The van der Waals surface area contributed by atoms with Crippen LogP contribution < -0.4 is 10.6 Å². The molecule has 4 N–H and O–H groups in total. The average Bonchev–Trinajstić information content (AvgIpc) is 3.95. The Bertz CT molecular complexity index is 2310. The number of carbonyl (C=O) groups excluding carboxylic acids is 3. The number of hydrogen-bond donors (Lipinski definition) is 4. The van der Waals surface area contributed by atoms with Crippen molar-refractivity contribution in [3.05, 3.63) is 108 Å². The second kappa shape index (κ2) is 15.8. The maximum atomic E-state index is 14.0. The van der Waals surface area contributed by atoms with E-state index >= 15 is 0 Å². The van der Waals surface area contributed by atoms with Crippen LogP contribution in [0.3, 0.4) is 0 Å². The van der Waals surface area contributed by atoms with Crippen molar-refractivity contribution in [2.24, 2.45) is 5.92 Å². The van der Waals surface area contributed by atoms with Gasteiger partial charge >= 0.3 is 6.09 Å². The zero-order valence-electron chi connectivity index (χ0n) is 32.1. The van der Waals surface area contributed by atoms with Gasteiger partial charge in [-0.1, -0.05) is 80.6 Å². The Morgan fingerprint density at radius 3 is 2.00 bits per heavy atom. The normalized spacial score (nSPS) is 16.1. The van der Waals surface area contributed by atoms with Crippen LogP contribution in [0.1, 0.15) is 69.0 Å². The van der Waals surface area contributed by atoms with Gasteiger partial charge < -0.3 is 30.2 Å². The summed E-state index contributed by atoms with van der Waals surface area (Å²) in [5.74, 6) is 1.09. The Labute approximate surface area is 320 Å². The highest BCUT2D eigenvalue weighted by atomic mass is 16.5. The third-order valence-corrected chi connectivity index (χ3v) is 10.4. The minimum Gasteiger partial charge on any atom is -0.453 e. The highest BCUT2D eigenvalue weighted by Gasteiger charge is 2.37. The number of H-pyrrole nitrogens is 2. The maximum Gasteiger partial charge on any atom is 0.407 e. The number of benzene rings is 4. The topological polar surface area (TPSA) is 148 Å². The first-order valence-electron chi connectivity index (χ1n) is 18.8. The minimum atomic E-state index is -0.741. The highest BCUT2D eigenvalue weighted by Crippen LogP contribution is 2.36. The lowest BCUT2D eigenvalue weighted by molar-refractivity contribution is -0.137. The van der Waals surface area contributed by atoms with Gasteiger partial charge in [0, 0.05) is 6.54 Å². The predicted molar refractivity (Wildman–Crippen MR) is 214 cm³/mol. The molecule has 12 heteroatoms. The summed E-state index contributed by atoms with van der Waals surface area (Å²) in [7, 11) is 5.17. The summed E-state index contributed by atoms with van der Waals surface area (Å²) in [6.07, 6.45) is 1.14. The van der Waals surface area contributed by atoms with E-state index in [0.717, 1.165) is 68.6 Å². The van der Waals surface area contributed by atoms with Gasteiger partial charge in [0.05, 0.1) is 41.3 Å². The fourth-order valence-electron chi connectivity index (χ4n) is 7.50. The van der Waals surface area contributed by atoms with Gasteiger partial charge in [0.15, 0.2) is 0 Å². The monoisotopic (exact) mass is 740 g/mol. The van der Waals surface area contributed by atoms with Crippen molar-refractivity contribution in [2.45, 2.75) is 57.8 Å². The summed E-state index contributed by atoms with van der Waals surface area (Å²) in [5, 5.41) is 5.56. The number of aromatic amines is 2. The molecule has 1 aliphatic heterocycles. The van der Waals surface area contributed by atoms with Crippen LogP contribution in [-0.2, 0) is 14.3 Å². The first-order chi connectivity index (χ1) is 26.5. The number of nitrogens with zero attached hydrogens (tertiary/aromatic N) is 4. The van der Waals surface area contributed by atoms with Gasteiger partial charge in [0.2, 0.25) is 11.8 Å². The number of aromatic nitrogens is 4. The van der Waals surface area contributed by atoms with E-state index in [1.165, 1.54) is 7.11 Å². The number of ether oxygens (including phenoxy) is 1. The van der Waals surface area contributed by atoms with Crippen LogP contribution in [0.25, 0.3) is 44.3 Å². The molecule has 0 radical (unpaired) electrons. The minimum absolute atomic E-state index is 0.0942. The molecule has 0 saturated carbocycles. The molecule has 7 rings (SSSR count). The molecule has 0 bridgehead atoms. The standard InChI is InChI=1S/C43H48N8O4/c1-25(2)37(49-43(54)55-6)41(52)44-26(3)39-45-32-20-18-30(23-34(32)47-39)27-14-16-28(17-15-27)31-19-21-33-35(24-31)48-40(46-33)36-13-10-22-51(36)42(53)38(50(4)5)29-11-8-7-9-12-29/h7-9,11-12,14-21,23-26,36-38H,10,13,22H2,1-6H3,(H,44,52)(H,45,47)(H,46,48)(H,49,54)/t26-,36-,37-,38+/m0/s1. The van der Waals surface area contributed by atoms with Crippen molar-refractivity contribution in [1.82, 2.24) is 40.4 Å². The molecule has 284 valence electrons. The van der Waals surface area contributed by atoms with Gasteiger partial charge in [0.25, 0.3) is 0 Å². The number of likely N-dealkylation sites (tertiary alicyclic amines) is 1. The van der Waals surface area contributed by atoms with Crippen molar-refractivity contribution in [1.29, 1.82) is 0 Å². The van der Waals surface area contributed by atoms with Crippen LogP contribution in [0.5, 0.6) is 0 Å². The van der Waals surface area contributed by atoms with Crippen LogP contribution in [0.4, 0.5) is 4.79 Å². The molecule has 3 heterocycles.